The molecule has 0 saturated heterocycles. The van der Waals surface area contributed by atoms with Gasteiger partial charge < -0.3 is 10.1 Å². The van der Waals surface area contributed by atoms with Crippen LogP contribution in [-0.2, 0) is 11.2 Å². The van der Waals surface area contributed by atoms with Crippen molar-refractivity contribution in [3.63, 3.8) is 0 Å². The van der Waals surface area contributed by atoms with Crippen LogP contribution in [0.5, 0.6) is 0 Å². The molecule has 1 aromatic rings. The largest absolute Gasteiger partial charge is 0.385 e. The van der Waals surface area contributed by atoms with Crippen LogP contribution >= 0.6 is 0 Å². The normalized spacial score (nSPS) is 12.6. The fourth-order valence-corrected chi connectivity index (χ4v) is 2.31. The molecule has 0 saturated carbocycles. The van der Waals surface area contributed by atoms with E-state index in [0.29, 0.717) is 6.04 Å². The SMILES string of the molecule is CCc1ccc(C(CC)NCCCCCOC)cc1. The van der Waals surface area contributed by atoms with Crippen LogP contribution in [0, 0.1) is 0 Å². The van der Waals surface area contributed by atoms with Gasteiger partial charge in [0.25, 0.3) is 0 Å². The Hall–Kier alpha value is -0.860. The lowest BCUT2D eigenvalue weighted by molar-refractivity contribution is 0.192. The number of benzene rings is 1. The molecule has 0 fully saturated rings. The molecule has 108 valence electrons. The predicted molar refractivity (Wildman–Crippen MR) is 82.6 cm³/mol. The highest BCUT2D eigenvalue weighted by Crippen LogP contribution is 2.17. The Bertz CT molecular complexity index is 321. The number of hydrogen-bond acceptors (Lipinski definition) is 2. The highest BCUT2D eigenvalue weighted by Gasteiger charge is 2.07. The molecule has 0 amide bonds. The van der Waals surface area contributed by atoms with Crippen LogP contribution in [0.3, 0.4) is 0 Å². The third-order valence-corrected chi connectivity index (χ3v) is 3.61. The Morgan fingerprint density at radius 1 is 1.05 bits per heavy atom. The molecule has 1 atom stereocenters. The van der Waals surface area contributed by atoms with Crippen LogP contribution in [0.25, 0.3) is 0 Å². The average Bonchev–Trinajstić information content (AvgIpc) is 2.47. The van der Waals surface area contributed by atoms with Gasteiger partial charge in [-0.3, -0.25) is 0 Å². The van der Waals surface area contributed by atoms with E-state index in [2.05, 4.69) is 43.4 Å². The van der Waals surface area contributed by atoms with E-state index in [1.165, 1.54) is 30.4 Å². The summed E-state index contributed by atoms with van der Waals surface area (Å²) < 4.78 is 5.06. The molecule has 0 aliphatic rings. The van der Waals surface area contributed by atoms with Gasteiger partial charge in [-0.25, -0.2) is 0 Å². The second-order valence-electron chi connectivity index (χ2n) is 5.06. The van der Waals surface area contributed by atoms with Gasteiger partial charge in [0.15, 0.2) is 0 Å². The zero-order valence-electron chi connectivity index (χ0n) is 12.7. The first-order chi connectivity index (χ1) is 9.31. The molecule has 0 radical (unpaired) electrons. The molecule has 0 spiro atoms. The second kappa shape index (κ2) is 9.99. The van der Waals surface area contributed by atoms with Crippen LogP contribution < -0.4 is 5.32 Å². The van der Waals surface area contributed by atoms with E-state index >= 15 is 0 Å². The number of nitrogens with one attached hydrogen (secondary N) is 1. The summed E-state index contributed by atoms with van der Waals surface area (Å²) in [6, 6.07) is 9.53. The third-order valence-electron chi connectivity index (χ3n) is 3.61. The highest BCUT2D eigenvalue weighted by atomic mass is 16.5. The average molecular weight is 263 g/mol. The molecule has 1 aromatic carbocycles. The van der Waals surface area contributed by atoms with E-state index in [-0.39, 0.29) is 0 Å². The smallest absolute Gasteiger partial charge is 0.0462 e. The number of aryl methyl sites for hydroxylation is 1. The highest BCUT2D eigenvalue weighted by molar-refractivity contribution is 5.24. The minimum absolute atomic E-state index is 0.494. The van der Waals surface area contributed by atoms with E-state index in [0.717, 1.165) is 26.0 Å². The molecule has 1 N–H and O–H groups in total. The lowest BCUT2D eigenvalue weighted by atomic mass is 10.0. The number of unbranched alkanes of at least 4 members (excludes halogenated alkanes) is 2. The van der Waals surface area contributed by atoms with E-state index in [9.17, 15) is 0 Å². The van der Waals surface area contributed by atoms with Crippen LogP contribution in [0.1, 0.15) is 56.7 Å². The molecular weight excluding hydrogens is 234 g/mol. The van der Waals surface area contributed by atoms with Crippen molar-refractivity contribution >= 4 is 0 Å². The number of ether oxygens (including phenoxy) is 1. The van der Waals surface area contributed by atoms with Crippen LogP contribution in [0.4, 0.5) is 0 Å². The Morgan fingerprint density at radius 3 is 2.37 bits per heavy atom. The zero-order chi connectivity index (χ0) is 13.9. The molecule has 19 heavy (non-hydrogen) atoms. The summed E-state index contributed by atoms with van der Waals surface area (Å²) in [5.41, 5.74) is 2.83. The Labute approximate surface area is 118 Å². The van der Waals surface area contributed by atoms with Crippen LogP contribution in [0.15, 0.2) is 24.3 Å². The van der Waals surface area contributed by atoms with Crippen molar-refractivity contribution in [1.29, 1.82) is 0 Å². The quantitative estimate of drug-likeness (QED) is 0.642. The number of hydrogen-bond donors (Lipinski definition) is 1. The van der Waals surface area contributed by atoms with Gasteiger partial charge in [0.2, 0.25) is 0 Å². The first kappa shape index (κ1) is 16.2. The molecule has 0 bridgehead atoms. The fraction of sp³-hybridized carbons (Fsp3) is 0.647. The van der Waals surface area contributed by atoms with Crippen molar-refractivity contribution in [2.45, 2.75) is 52.0 Å². The summed E-state index contributed by atoms with van der Waals surface area (Å²) in [6.07, 6.45) is 5.90. The molecule has 2 heteroatoms. The molecule has 0 aliphatic carbocycles. The minimum Gasteiger partial charge on any atom is -0.385 e. The molecular formula is C17H29NO. The third kappa shape index (κ3) is 6.22. The topological polar surface area (TPSA) is 21.3 Å². The molecule has 0 heterocycles. The Balaban J connectivity index is 2.31. The standard InChI is InChI=1S/C17H29NO/c1-4-15-9-11-16(12-10-15)17(5-2)18-13-7-6-8-14-19-3/h9-12,17-18H,4-8,13-14H2,1-3H3. The van der Waals surface area contributed by atoms with E-state index in [1.54, 1.807) is 7.11 Å². The predicted octanol–water partition coefficient (Wildman–Crippen LogP) is 4.11. The van der Waals surface area contributed by atoms with E-state index in [1.807, 2.05) is 0 Å². The van der Waals surface area contributed by atoms with Gasteiger partial charge in [-0.1, -0.05) is 38.1 Å². The number of methoxy groups -OCH3 is 1. The van der Waals surface area contributed by atoms with Gasteiger partial charge in [-0.15, -0.1) is 0 Å². The molecule has 1 rings (SSSR count). The maximum Gasteiger partial charge on any atom is 0.0462 e. The van der Waals surface area contributed by atoms with Crippen molar-refractivity contribution in [2.24, 2.45) is 0 Å². The van der Waals surface area contributed by atoms with E-state index < -0.39 is 0 Å². The van der Waals surface area contributed by atoms with Gasteiger partial charge in [-0.2, -0.15) is 0 Å². The second-order valence-corrected chi connectivity index (χ2v) is 5.06. The van der Waals surface area contributed by atoms with Crippen molar-refractivity contribution in [3.8, 4) is 0 Å². The summed E-state index contributed by atoms with van der Waals surface area (Å²) >= 11 is 0. The maximum atomic E-state index is 5.06. The van der Waals surface area contributed by atoms with E-state index in [4.69, 9.17) is 4.74 Å². The summed E-state index contributed by atoms with van der Waals surface area (Å²) in [5, 5.41) is 3.66. The lowest BCUT2D eigenvalue weighted by Gasteiger charge is -2.17. The van der Waals surface area contributed by atoms with Gasteiger partial charge in [0.1, 0.15) is 0 Å². The van der Waals surface area contributed by atoms with Crippen molar-refractivity contribution in [1.82, 2.24) is 5.32 Å². The molecule has 0 aliphatic heterocycles. The Kier molecular flexibility index (Phi) is 8.52. The van der Waals surface area contributed by atoms with Crippen LogP contribution in [-0.4, -0.2) is 20.3 Å². The summed E-state index contributed by atoms with van der Waals surface area (Å²) in [6.45, 7) is 6.42. The summed E-state index contributed by atoms with van der Waals surface area (Å²) in [5.74, 6) is 0. The molecule has 2 nitrogen and oxygen atoms in total. The van der Waals surface area contributed by atoms with Crippen molar-refractivity contribution in [3.05, 3.63) is 35.4 Å². The Morgan fingerprint density at radius 2 is 1.79 bits per heavy atom. The fourth-order valence-electron chi connectivity index (χ4n) is 2.31. The first-order valence-corrected chi connectivity index (χ1v) is 7.63. The number of rotatable bonds is 10. The summed E-state index contributed by atoms with van der Waals surface area (Å²) in [4.78, 5) is 0. The minimum atomic E-state index is 0.494. The van der Waals surface area contributed by atoms with Crippen molar-refractivity contribution in [2.75, 3.05) is 20.3 Å². The zero-order valence-corrected chi connectivity index (χ0v) is 12.7. The maximum absolute atomic E-state index is 5.06. The summed E-state index contributed by atoms with van der Waals surface area (Å²) in [7, 11) is 1.77. The monoisotopic (exact) mass is 263 g/mol. The lowest BCUT2D eigenvalue weighted by Crippen LogP contribution is -2.22. The van der Waals surface area contributed by atoms with Gasteiger partial charge in [0, 0.05) is 19.8 Å². The molecule has 0 aromatic heterocycles. The van der Waals surface area contributed by atoms with Crippen molar-refractivity contribution < 1.29 is 4.74 Å². The van der Waals surface area contributed by atoms with Gasteiger partial charge in [0.05, 0.1) is 0 Å². The van der Waals surface area contributed by atoms with Gasteiger partial charge in [-0.05, 0) is 49.8 Å². The first-order valence-electron chi connectivity index (χ1n) is 7.63. The van der Waals surface area contributed by atoms with Gasteiger partial charge >= 0.3 is 0 Å². The van der Waals surface area contributed by atoms with Crippen LogP contribution in [0.2, 0.25) is 0 Å². The molecule has 1 unspecified atom stereocenters.